The second kappa shape index (κ2) is 5.50. The van der Waals surface area contributed by atoms with E-state index in [0.29, 0.717) is 0 Å². The van der Waals surface area contributed by atoms with Gasteiger partial charge < -0.3 is 10.1 Å². The van der Waals surface area contributed by atoms with Gasteiger partial charge in [0, 0.05) is 11.1 Å². The normalized spacial score (nSPS) is 12.1. The summed E-state index contributed by atoms with van der Waals surface area (Å²) in [6.45, 7) is 5.67. The third-order valence-corrected chi connectivity index (χ3v) is 2.69. The van der Waals surface area contributed by atoms with Crippen molar-refractivity contribution in [3.8, 4) is 5.75 Å². The molecule has 1 aromatic carbocycles. The summed E-state index contributed by atoms with van der Waals surface area (Å²) in [6.07, 6.45) is -3.98. The van der Waals surface area contributed by atoms with Gasteiger partial charge in [0.2, 0.25) is 0 Å². The number of halogens is 3. The molecule has 1 rings (SSSR count). The fourth-order valence-corrected chi connectivity index (χ4v) is 1.28. The van der Waals surface area contributed by atoms with Crippen LogP contribution >= 0.6 is 0 Å². The van der Waals surface area contributed by atoms with Crippen molar-refractivity contribution in [1.29, 1.82) is 0 Å². The number of ether oxygens (including phenoxy) is 1. The van der Waals surface area contributed by atoms with Gasteiger partial charge in [-0.3, -0.25) is 4.79 Å². The van der Waals surface area contributed by atoms with E-state index in [4.69, 9.17) is 0 Å². The second-order valence-electron chi connectivity index (χ2n) is 4.76. The van der Waals surface area contributed by atoms with Crippen molar-refractivity contribution in [2.45, 2.75) is 39.1 Å². The number of hydrogen-bond acceptors (Lipinski definition) is 2. The molecule has 1 aromatic rings. The maximum absolute atomic E-state index is 12.0. The molecule has 1 N–H and O–H groups in total. The SMILES string of the molecule is CCC(C)(C)NC(=O)c1ccc(OC(F)(F)F)cc1. The van der Waals surface area contributed by atoms with Crippen LogP contribution in [-0.2, 0) is 0 Å². The highest BCUT2D eigenvalue weighted by atomic mass is 19.4. The summed E-state index contributed by atoms with van der Waals surface area (Å²) in [5.74, 6) is -0.677. The summed E-state index contributed by atoms with van der Waals surface area (Å²) < 4.78 is 39.6. The second-order valence-corrected chi connectivity index (χ2v) is 4.76. The number of amides is 1. The van der Waals surface area contributed by atoms with Crippen LogP contribution in [0.2, 0.25) is 0 Å². The van der Waals surface area contributed by atoms with E-state index in [2.05, 4.69) is 10.1 Å². The number of rotatable bonds is 4. The van der Waals surface area contributed by atoms with Crippen molar-refractivity contribution in [2.24, 2.45) is 0 Å². The number of carbonyl (C=O) groups excluding carboxylic acids is 1. The lowest BCUT2D eigenvalue weighted by Gasteiger charge is -2.24. The van der Waals surface area contributed by atoms with Crippen LogP contribution in [0.15, 0.2) is 24.3 Å². The monoisotopic (exact) mass is 275 g/mol. The number of benzene rings is 1. The van der Waals surface area contributed by atoms with Crippen LogP contribution in [0.3, 0.4) is 0 Å². The van der Waals surface area contributed by atoms with Crippen LogP contribution in [0, 0.1) is 0 Å². The molecule has 0 aliphatic rings. The zero-order valence-electron chi connectivity index (χ0n) is 11.0. The van der Waals surface area contributed by atoms with Gasteiger partial charge in [0.25, 0.3) is 5.91 Å². The van der Waals surface area contributed by atoms with Crippen molar-refractivity contribution in [1.82, 2.24) is 5.32 Å². The lowest BCUT2D eigenvalue weighted by Crippen LogP contribution is -2.42. The first-order valence-electron chi connectivity index (χ1n) is 5.81. The van der Waals surface area contributed by atoms with Gasteiger partial charge in [0.1, 0.15) is 5.75 Å². The quantitative estimate of drug-likeness (QED) is 0.913. The average molecular weight is 275 g/mol. The topological polar surface area (TPSA) is 38.3 Å². The predicted molar refractivity (Wildman–Crippen MR) is 65.0 cm³/mol. The summed E-state index contributed by atoms with van der Waals surface area (Å²) in [4.78, 5) is 11.8. The summed E-state index contributed by atoms with van der Waals surface area (Å²) in [5, 5.41) is 2.79. The van der Waals surface area contributed by atoms with E-state index >= 15 is 0 Å². The van der Waals surface area contributed by atoms with Crippen LogP contribution in [0.1, 0.15) is 37.6 Å². The van der Waals surface area contributed by atoms with Gasteiger partial charge in [0.15, 0.2) is 0 Å². The first kappa shape index (κ1) is 15.3. The fourth-order valence-electron chi connectivity index (χ4n) is 1.28. The number of alkyl halides is 3. The molecule has 0 bridgehead atoms. The summed E-state index contributed by atoms with van der Waals surface area (Å²) >= 11 is 0. The van der Waals surface area contributed by atoms with Crippen molar-refractivity contribution in [2.75, 3.05) is 0 Å². The number of nitrogens with one attached hydrogen (secondary N) is 1. The van der Waals surface area contributed by atoms with E-state index in [1.807, 2.05) is 20.8 Å². The maximum Gasteiger partial charge on any atom is 0.573 e. The van der Waals surface area contributed by atoms with E-state index in [-0.39, 0.29) is 22.8 Å². The molecule has 0 unspecified atom stereocenters. The number of carbonyl (C=O) groups is 1. The minimum atomic E-state index is -4.73. The molecule has 0 aromatic heterocycles. The van der Waals surface area contributed by atoms with Gasteiger partial charge in [-0.2, -0.15) is 0 Å². The van der Waals surface area contributed by atoms with Gasteiger partial charge in [-0.05, 0) is 44.5 Å². The highest BCUT2D eigenvalue weighted by Gasteiger charge is 2.31. The molecule has 0 saturated heterocycles. The Labute approximate surface area is 109 Å². The summed E-state index contributed by atoms with van der Waals surface area (Å²) in [6, 6.07) is 4.81. The molecule has 19 heavy (non-hydrogen) atoms. The van der Waals surface area contributed by atoms with E-state index in [0.717, 1.165) is 18.6 Å². The Bertz CT molecular complexity index is 438. The molecule has 6 heteroatoms. The lowest BCUT2D eigenvalue weighted by atomic mass is 10.0. The van der Waals surface area contributed by atoms with Crippen molar-refractivity contribution in [3.63, 3.8) is 0 Å². The van der Waals surface area contributed by atoms with Gasteiger partial charge in [0.05, 0.1) is 0 Å². The van der Waals surface area contributed by atoms with Gasteiger partial charge >= 0.3 is 6.36 Å². The minimum absolute atomic E-state index is 0.288. The van der Waals surface area contributed by atoms with Gasteiger partial charge in [-0.25, -0.2) is 0 Å². The molecule has 3 nitrogen and oxygen atoms in total. The molecule has 0 spiro atoms. The van der Waals surface area contributed by atoms with Crippen molar-refractivity contribution < 1.29 is 22.7 Å². The molecular weight excluding hydrogens is 259 g/mol. The zero-order valence-corrected chi connectivity index (χ0v) is 11.0. The first-order valence-corrected chi connectivity index (χ1v) is 5.81. The Hall–Kier alpha value is -1.72. The van der Waals surface area contributed by atoms with E-state index < -0.39 is 6.36 Å². The zero-order chi connectivity index (χ0) is 14.7. The Morgan fingerprint density at radius 1 is 1.21 bits per heavy atom. The molecular formula is C13H16F3NO2. The van der Waals surface area contributed by atoms with Crippen LogP contribution in [0.4, 0.5) is 13.2 Å². The molecule has 0 atom stereocenters. The third kappa shape index (κ3) is 5.19. The predicted octanol–water partition coefficient (Wildman–Crippen LogP) is 3.50. The Morgan fingerprint density at radius 2 is 1.74 bits per heavy atom. The first-order chi connectivity index (χ1) is 8.63. The van der Waals surface area contributed by atoms with Crippen LogP contribution in [0.25, 0.3) is 0 Å². The Kier molecular flexibility index (Phi) is 4.44. The molecule has 0 radical (unpaired) electrons. The largest absolute Gasteiger partial charge is 0.573 e. The van der Waals surface area contributed by atoms with E-state index in [9.17, 15) is 18.0 Å². The minimum Gasteiger partial charge on any atom is -0.406 e. The van der Waals surface area contributed by atoms with Crippen LogP contribution in [0.5, 0.6) is 5.75 Å². The highest BCUT2D eigenvalue weighted by molar-refractivity contribution is 5.94. The third-order valence-electron chi connectivity index (χ3n) is 2.69. The van der Waals surface area contributed by atoms with Crippen LogP contribution < -0.4 is 10.1 Å². The van der Waals surface area contributed by atoms with Crippen molar-refractivity contribution >= 4 is 5.91 Å². The smallest absolute Gasteiger partial charge is 0.406 e. The Balaban J connectivity index is 2.74. The maximum atomic E-state index is 12.0. The molecule has 0 aliphatic carbocycles. The molecule has 106 valence electrons. The molecule has 1 amide bonds. The molecule has 0 fully saturated rings. The highest BCUT2D eigenvalue weighted by Crippen LogP contribution is 2.22. The fraction of sp³-hybridized carbons (Fsp3) is 0.462. The van der Waals surface area contributed by atoms with Crippen molar-refractivity contribution in [3.05, 3.63) is 29.8 Å². The summed E-state index contributed by atoms with van der Waals surface area (Å²) in [5.41, 5.74) is -0.0749. The molecule has 0 saturated carbocycles. The lowest BCUT2D eigenvalue weighted by molar-refractivity contribution is -0.274. The summed E-state index contributed by atoms with van der Waals surface area (Å²) in [7, 11) is 0. The van der Waals surface area contributed by atoms with Gasteiger partial charge in [-0.1, -0.05) is 6.92 Å². The number of hydrogen-bond donors (Lipinski definition) is 1. The van der Waals surface area contributed by atoms with E-state index in [1.165, 1.54) is 12.1 Å². The standard InChI is InChI=1S/C13H16F3NO2/c1-4-12(2,3)17-11(18)9-5-7-10(8-6-9)19-13(14,15)16/h5-8H,4H2,1-3H3,(H,17,18). The van der Waals surface area contributed by atoms with Crippen LogP contribution in [-0.4, -0.2) is 17.8 Å². The Morgan fingerprint density at radius 3 is 2.16 bits per heavy atom. The molecule has 0 heterocycles. The van der Waals surface area contributed by atoms with Gasteiger partial charge in [-0.15, -0.1) is 13.2 Å². The van der Waals surface area contributed by atoms with E-state index in [1.54, 1.807) is 0 Å². The molecule has 0 aliphatic heterocycles. The average Bonchev–Trinajstić information content (AvgIpc) is 2.27.